The first-order valence-corrected chi connectivity index (χ1v) is 8.18. The number of rotatable bonds is 4. The first-order chi connectivity index (χ1) is 11.6. The molecule has 0 unspecified atom stereocenters. The monoisotopic (exact) mass is 387 g/mol. The van der Waals surface area contributed by atoms with E-state index in [4.69, 9.17) is 11.6 Å². The van der Waals surface area contributed by atoms with Crippen LogP contribution in [-0.2, 0) is 6.18 Å². The van der Waals surface area contributed by atoms with Gasteiger partial charge in [0.2, 0.25) is 0 Å². The summed E-state index contributed by atoms with van der Waals surface area (Å²) >= 11 is 6.97. The summed E-state index contributed by atoms with van der Waals surface area (Å²) < 4.78 is 38.3. The Bertz CT molecular complexity index is 822. The van der Waals surface area contributed by atoms with Gasteiger partial charge in [0.1, 0.15) is 0 Å². The molecule has 0 N–H and O–H groups in total. The highest BCUT2D eigenvalue weighted by atomic mass is 35.5. The third-order valence-corrected chi connectivity index (χ3v) is 4.66. The molecule has 3 nitrogen and oxygen atoms in total. The van der Waals surface area contributed by atoms with E-state index in [0.717, 1.165) is 23.9 Å². The Morgan fingerprint density at radius 1 is 1.12 bits per heavy atom. The van der Waals surface area contributed by atoms with Crippen LogP contribution >= 0.6 is 23.4 Å². The zero-order valence-electron chi connectivity index (χ0n) is 13.2. The average molecular weight is 388 g/mol. The van der Waals surface area contributed by atoms with Crippen molar-refractivity contribution >= 4 is 35.6 Å². The summed E-state index contributed by atoms with van der Waals surface area (Å²) in [6, 6.07) is 7.56. The highest BCUT2D eigenvalue weighted by Gasteiger charge is 2.31. The van der Waals surface area contributed by atoms with Gasteiger partial charge in [-0.05, 0) is 36.4 Å². The van der Waals surface area contributed by atoms with E-state index in [1.54, 1.807) is 26.2 Å². The molecule has 25 heavy (non-hydrogen) atoms. The van der Waals surface area contributed by atoms with Gasteiger partial charge in [-0.1, -0.05) is 23.4 Å². The molecular formula is C17H13ClF3NO2S. The lowest BCUT2D eigenvalue weighted by atomic mass is 10.1. The van der Waals surface area contributed by atoms with E-state index >= 15 is 0 Å². The predicted molar refractivity (Wildman–Crippen MR) is 90.4 cm³/mol. The van der Waals surface area contributed by atoms with E-state index in [0.29, 0.717) is 26.7 Å². The summed E-state index contributed by atoms with van der Waals surface area (Å²) in [5.74, 6) is -0.301. The van der Waals surface area contributed by atoms with Gasteiger partial charge in [0.15, 0.2) is 6.29 Å². The molecule has 0 saturated carbocycles. The number of nitrogens with zero attached hydrogens (tertiary/aromatic N) is 1. The lowest BCUT2D eigenvalue weighted by molar-refractivity contribution is -0.137. The van der Waals surface area contributed by atoms with Crippen LogP contribution in [0.15, 0.2) is 46.2 Å². The molecule has 0 heterocycles. The Morgan fingerprint density at radius 2 is 1.76 bits per heavy atom. The maximum Gasteiger partial charge on any atom is 0.416 e. The predicted octanol–water partition coefficient (Wildman–Crippen LogP) is 5.02. The van der Waals surface area contributed by atoms with Gasteiger partial charge in [0.25, 0.3) is 5.91 Å². The topological polar surface area (TPSA) is 37.4 Å². The molecule has 0 aromatic heterocycles. The van der Waals surface area contributed by atoms with Crippen LogP contribution in [-0.4, -0.2) is 31.2 Å². The maximum atomic E-state index is 12.8. The molecular weight excluding hydrogens is 375 g/mol. The van der Waals surface area contributed by atoms with Gasteiger partial charge in [0.05, 0.1) is 11.1 Å². The third kappa shape index (κ3) is 4.55. The standard InChI is InChI=1S/C17H13ClF3NO2S/c1-22(2)16(24)13-8-12(18)4-6-15(13)25-14-5-3-11(17(19,20)21)7-10(14)9-23/h3-9H,1-2H3. The Morgan fingerprint density at radius 3 is 2.32 bits per heavy atom. The number of hydrogen-bond donors (Lipinski definition) is 0. The molecule has 1 amide bonds. The van der Waals surface area contributed by atoms with E-state index in [1.807, 2.05) is 0 Å². The minimum Gasteiger partial charge on any atom is -0.345 e. The van der Waals surface area contributed by atoms with Crippen molar-refractivity contribution in [3.05, 3.63) is 58.1 Å². The SMILES string of the molecule is CN(C)C(=O)c1cc(Cl)ccc1Sc1ccc(C(F)(F)F)cc1C=O. The molecule has 2 aromatic carbocycles. The minimum atomic E-state index is -4.53. The molecule has 0 atom stereocenters. The van der Waals surface area contributed by atoms with Crippen molar-refractivity contribution < 1.29 is 22.8 Å². The van der Waals surface area contributed by atoms with E-state index in [-0.39, 0.29) is 11.5 Å². The smallest absolute Gasteiger partial charge is 0.345 e. The van der Waals surface area contributed by atoms with Crippen LogP contribution in [0, 0.1) is 0 Å². The number of benzene rings is 2. The fourth-order valence-electron chi connectivity index (χ4n) is 2.03. The Labute approximate surface area is 151 Å². The second-order valence-electron chi connectivity index (χ2n) is 5.31. The van der Waals surface area contributed by atoms with Crippen molar-refractivity contribution in [2.45, 2.75) is 16.0 Å². The minimum absolute atomic E-state index is 0.0990. The van der Waals surface area contributed by atoms with Crippen LogP contribution < -0.4 is 0 Å². The number of carbonyl (C=O) groups is 2. The summed E-state index contributed by atoms with van der Waals surface area (Å²) in [5, 5.41) is 0.359. The first kappa shape index (κ1) is 19.3. The fourth-order valence-corrected chi connectivity index (χ4v) is 3.19. The van der Waals surface area contributed by atoms with Crippen molar-refractivity contribution in [1.82, 2.24) is 4.90 Å². The van der Waals surface area contributed by atoms with Crippen molar-refractivity contribution in [2.75, 3.05) is 14.1 Å². The van der Waals surface area contributed by atoms with Gasteiger partial charge in [-0.2, -0.15) is 13.2 Å². The Hall–Kier alpha value is -1.99. The van der Waals surface area contributed by atoms with Crippen LogP contribution in [0.2, 0.25) is 5.02 Å². The molecule has 0 aliphatic heterocycles. The summed E-state index contributed by atoms with van der Waals surface area (Å²) in [7, 11) is 3.15. The highest BCUT2D eigenvalue weighted by molar-refractivity contribution is 7.99. The molecule has 0 fully saturated rings. The van der Waals surface area contributed by atoms with Crippen molar-refractivity contribution in [3.8, 4) is 0 Å². The molecule has 2 rings (SSSR count). The maximum absolute atomic E-state index is 12.8. The van der Waals surface area contributed by atoms with E-state index < -0.39 is 11.7 Å². The Kier molecular flexibility index (Phi) is 5.80. The van der Waals surface area contributed by atoms with Crippen LogP contribution in [0.4, 0.5) is 13.2 Å². The Balaban J connectivity index is 2.47. The van der Waals surface area contributed by atoms with Gasteiger partial charge < -0.3 is 4.90 Å². The summed E-state index contributed by atoms with van der Waals surface area (Å²) in [5.41, 5.74) is -0.697. The van der Waals surface area contributed by atoms with Gasteiger partial charge in [-0.15, -0.1) is 0 Å². The molecule has 0 spiro atoms. The molecule has 0 saturated heterocycles. The molecule has 0 aliphatic rings. The number of amides is 1. The zero-order valence-corrected chi connectivity index (χ0v) is 14.8. The van der Waals surface area contributed by atoms with E-state index in [1.165, 1.54) is 17.0 Å². The number of aldehydes is 1. The highest BCUT2D eigenvalue weighted by Crippen LogP contribution is 2.37. The molecule has 0 aliphatic carbocycles. The summed E-state index contributed by atoms with van der Waals surface area (Å²) in [4.78, 5) is 25.7. The fraction of sp³-hybridized carbons (Fsp3) is 0.176. The zero-order chi connectivity index (χ0) is 18.8. The molecule has 2 aromatic rings. The lowest BCUT2D eigenvalue weighted by Crippen LogP contribution is -2.22. The van der Waals surface area contributed by atoms with Crippen LogP contribution in [0.1, 0.15) is 26.3 Å². The van der Waals surface area contributed by atoms with E-state index in [2.05, 4.69) is 0 Å². The number of halogens is 4. The molecule has 0 bridgehead atoms. The number of alkyl halides is 3. The van der Waals surface area contributed by atoms with Crippen molar-refractivity contribution in [1.29, 1.82) is 0 Å². The van der Waals surface area contributed by atoms with Crippen molar-refractivity contribution in [3.63, 3.8) is 0 Å². The van der Waals surface area contributed by atoms with Crippen LogP contribution in [0.3, 0.4) is 0 Å². The number of hydrogen-bond acceptors (Lipinski definition) is 3. The number of carbonyl (C=O) groups excluding carboxylic acids is 2. The molecule has 132 valence electrons. The second kappa shape index (κ2) is 7.49. The molecule has 8 heteroatoms. The summed E-state index contributed by atoms with van der Waals surface area (Å²) in [6.07, 6.45) is -4.17. The normalized spacial score (nSPS) is 11.3. The second-order valence-corrected chi connectivity index (χ2v) is 6.83. The largest absolute Gasteiger partial charge is 0.416 e. The first-order valence-electron chi connectivity index (χ1n) is 6.99. The quantitative estimate of drug-likeness (QED) is 0.691. The third-order valence-electron chi connectivity index (χ3n) is 3.26. The average Bonchev–Trinajstić information content (AvgIpc) is 2.54. The van der Waals surface area contributed by atoms with Crippen molar-refractivity contribution in [2.24, 2.45) is 0 Å². The van der Waals surface area contributed by atoms with Crippen LogP contribution in [0.25, 0.3) is 0 Å². The van der Waals surface area contributed by atoms with Gasteiger partial charge >= 0.3 is 6.18 Å². The van der Waals surface area contributed by atoms with Gasteiger partial charge in [-0.3, -0.25) is 9.59 Å². The van der Waals surface area contributed by atoms with Crippen LogP contribution in [0.5, 0.6) is 0 Å². The lowest BCUT2D eigenvalue weighted by Gasteiger charge is -2.15. The van der Waals surface area contributed by atoms with Gasteiger partial charge in [0, 0.05) is 34.5 Å². The van der Waals surface area contributed by atoms with E-state index in [9.17, 15) is 22.8 Å². The molecule has 0 radical (unpaired) electrons. The summed E-state index contributed by atoms with van der Waals surface area (Å²) in [6.45, 7) is 0. The van der Waals surface area contributed by atoms with Gasteiger partial charge in [-0.25, -0.2) is 0 Å².